The first-order valence-corrected chi connectivity index (χ1v) is 6.83. The molecule has 0 aliphatic rings. The maximum absolute atomic E-state index is 12.0. The Labute approximate surface area is 123 Å². The number of carbonyl (C=O) groups is 1. The van der Waals surface area contributed by atoms with Gasteiger partial charge in [0.25, 0.3) is 0 Å². The lowest BCUT2D eigenvalue weighted by Gasteiger charge is -2.05. The molecule has 100 valence electrons. The van der Waals surface area contributed by atoms with Crippen molar-refractivity contribution in [3.63, 3.8) is 0 Å². The molecule has 20 heavy (non-hydrogen) atoms. The van der Waals surface area contributed by atoms with Crippen LogP contribution in [0.5, 0.6) is 0 Å². The summed E-state index contributed by atoms with van der Waals surface area (Å²) in [4.78, 5) is 16.1. The van der Waals surface area contributed by atoms with Gasteiger partial charge >= 0.3 is 0 Å². The average molecular weight is 331 g/mol. The van der Waals surface area contributed by atoms with Gasteiger partial charge in [-0.05, 0) is 34.1 Å². The number of hydrogen-bond donors (Lipinski definition) is 1. The number of halogens is 1. The number of anilines is 1. The maximum atomic E-state index is 12.0. The number of para-hydroxylation sites is 1. The van der Waals surface area contributed by atoms with Crippen molar-refractivity contribution in [1.82, 2.24) is 14.8 Å². The van der Waals surface area contributed by atoms with Crippen molar-refractivity contribution in [3.05, 3.63) is 53.3 Å². The minimum absolute atomic E-state index is 0.158. The van der Waals surface area contributed by atoms with Gasteiger partial charge in [-0.3, -0.25) is 9.48 Å². The molecular weight excluding hydrogens is 320 g/mol. The van der Waals surface area contributed by atoms with Crippen molar-refractivity contribution in [2.45, 2.75) is 6.54 Å². The molecule has 1 N–H and O–H groups in total. The zero-order chi connectivity index (χ0) is 13.9. The van der Waals surface area contributed by atoms with Crippen LogP contribution < -0.4 is 5.32 Å². The number of carbonyl (C=O) groups excluding carboxylic acids is 1. The minimum atomic E-state index is -0.159. The highest BCUT2D eigenvalue weighted by molar-refractivity contribution is 9.10. The quantitative estimate of drug-likeness (QED) is 0.803. The van der Waals surface area contributed by atoms with Gasteiger partial charge in [0.15, 0.2) is 0 Å². The van der Waals surface area contributed by atoms with Gasteiger partial charge in [0.2, 0.25) is 5.91 Å². The van der Waals surface area contributed by atoms with Gasteiger partial charge in [-0.25, -0.2) is 4.98 Å². The number of nitrogens with zero attached hydrogens (tertiary/aromatic N) is 3. The summed E-state index contributed by atoms with van der Waals surface area (Å²) in [5.41, 5.74) is 0.936. The highest BCUT2D eigenvalue weighted by Crippen LogP contribution is 2.13. The predicted molar refractivity (Wildman–Crippen MR) is 80.3 cm³/mol. The zero-order valence-electron chi connectivity index (χ0n) is 10.5. The third-order valence-electron chi connectivity index (χ3n) is 2.84. The third kappa shape index (κ3) is 2.70. The summed E-state index contributed by atoms with van der Waals surface area (Å²) in [5, 5.41) is 7.98. The Morgan fingerprint density at radius 2 is 2.05 bits per heavy atom. The molecule has 0 atom stereocenters. The number of fused-ring (bicyclic) bond motifs is 1. The molecule has 0 saturated heterocycles. The van der Waals surface area contributed by atoms with Gasteiger partial charge in [-0.15, -0.1) is 0 Å². The van der Waals surface area contributed by atoms with E-state index in [1.54, 1.807) is 23.1 Å². The first-order valence-electron chi connectivity index (χ1n) is 6.04. The van der Waals surface area contributed by atoms with E-state index in [9.17, 15) is 4.79 Å². The summed E-state index contributed by atoms with van der Waals surface area (Å²) in [7, 11) is 0. The van der Waals surface area contributed by atoms with Gasteiger partial charge in [0.05, 0.1) is 11.7 Å². The molecular formula is C14H11BrN4O. The number of rotatable bonds is 3. The number of hydrogen-bond acceptors (Lipinski definition) is 3. The molecule has 0 fully saturated rings. The first kappa shape index (κ1) is 12.8. The SMILES string of the molecule is O=C(Cn1ncc2ccccc21)Nc1ccc(Br)cn1. The van der Waals surface area contributed by atoms with Gasteiger partial charge < -0.3 is 5.32 Å². The number of aromatic nitrogens is 3. The normalized spacial score (nSPS) is 10.7. The highest BCUT2D eigenvalue weighted by Gasteiger charge is 2.08. The van der Waals surface area contributed by atoms with Crippen molar-refractivity contribution >= 4 is 38.6 Å². The summed E-state index contributed by atoms with van der Waals surface area (Å²) in [6.45, 7) is 0.158. The van der Waals surface area contributed by atoms with Crippen molar-refractivity contribution in [2.75, 3.05) is 5.32 Å². The van der Waals surface area contributed by atoms with Crippen LogP contribution in [0.1, 0.15) is 0 Å². The minimum Gasteiger partial charge on any atom is -0.309 e. The van der Waals surface area contributed by atoms with E-state index >= 15 is 0 Å². The lowest BCUT2D eigenvalue weighted by Crippen LogP contribution is -2.19. The summed E-state index contributed by atoms with van der Waals surface area (Å²) < 4.78 is 2.54. The molecule has 2 aromatic heterocycles. The second kappa shape index (κ2) is 5.42. The Bertz CT molecular complexity index is 751. The van der Waals surface area contributed by atoms with Crippen LogP contribution in [0.3, 0.4) is 0 Å². The van der Waals surface area contributed by atoms with Gasteiger partial charge in [0, 0.05) is 16.1 Å². The molecule has 2 heterocycles. The standard InChI is InChI=1S/C14H11BrN4O/c15-11-5-6-13(16-8-11)18-14(20)9-19-12-4-2-1-3-10(12)7-17-19/h1-8H,9H2,(H,16,18,20). The van der Waals surface area contributed by atoms with E-state index < -0.39 is 0 Å². The molecule has 0 aliphatic carbocycles. The highest BCUT2D eigenvalue weighted by atomic mass is 79.9. The van der Waals surface area contributed by atoms with E-state index in [1.807, 2.05) is 30.3 Å². The summed E-state index contributed by atoms with van der Waals surface area (Å²) in [5.74, 6) is 0.364. The number of benzene rings is 1. The van der Waals surface area contributed by atoms with Gasteiger partial charge in [-0.1, -0.05) is 18.2 Å². The molecule has 5 nitrogen and oxygen atoms in total. The van der Waals surface area contributed by atoms with Crippen LogP contribution in [-0.4, -0.2) is 20.7 Å². The van der Waals surface area contributed by atoms with E-state index in [0.717, 1.165) is 15.4 Å². The van der Waals surface area contributed by atoms with Crippen LogP contribution in [-0.2, 0) is 11.3 Å². The molecule has 0 radical (unpaired) electrons. The molecule has 1 aromatic carbocycles. The topological polar surface area (TPSA) is 59.8 Å². The van der Waals surface area contributed by atoms with E-state index in [4.69, 9.17) is 0 Å². The van der Waals surface area contributed by atoms with Crippen molar-refractivity contribution in [1.29, 1.82) is 0 Å². The summed E-state index contributed by atoms with van der Waals surface area (Å²) in [6, 6.07) is 11.3. The third-order valence-corrected chi connectivity index (χ3v) is 3.31. The van der Waals surface area contributed by atoms with E-state index in [2.05, 4.69) is 31.3 Å². The van der Waals surface area contributed by atoms with Crippen LogP contribution in [0.25, 0.3) is 10.9 Å². The molecule has 0 unspecified atom stereocenters. The van der Waals surface area contributed by atoms with E-state index in [1.165, 1.54) is 0 Å². The summed E-state index contributed by atoms with van der Waals surface area (Å²) >= 11 is 3.30. The number of amides is 1. The molecule has 3 aromatic rings. The fraction of sp³-hybridized carbons (Fsp3) is 0.0714. The molecule has 0 aliphatic heterocycles. The number of pyridine rings is 1. The Hall–Kier alpha value is -2.21. The maximum Gasteiger partial charge on any atom is 0.247 e. The Morgan fingerprint density at radius 3 is 2.85 bits per heavy atom. The van der Waals surface area contributed by atoms with Crippen molar-refractivity contribution in [3.8, 4) is 0 Å². The van der Waals surface area contributed by atoms with Crippen LogP contribution in [0.4, 0.5) is 5.82 Å². The second-order valence-corrected chi connectivity index (χ2v) is 5.19. The Balaban J connectivity index is 1.74. The largest absolute Gasteiger partial charge is 0.309 e. The monoisotopic (exact) mass is 330 g/mol. The molecule has 3 rings (SSSR count). The van der Waals surface area contributed by atoms with Crippen molar-refractivity contribution < 1.29 is 4.79 Å². The van der Waals surface area contributed by atoms with Gasteiger partial charge in [-0.2, -0.15) is 5.10 Å². The molecule has 0 saturated carbocycles. The Kier molecular flexibility index (Phi) is 3.47. The van der Waals surface area contributed by atoms with E-state index in [-0.39, 0.29) is 12.5 Å². The van der Waals surface area contributed by atoms with Crippen LogP contribution in [0.15, 0.2) is 53.3 Å². The number of nitrogens with one attached hydrogen (secondary N) is 1. The van der Waals surface area contributed by atoms with Gasteiger partial charge in [0.1, 0.15) is 12.4 Å². The van der Waals surface area contributed by atoms with Crippen LogP contribution >= 0.6 is 15.9 Å². The van der Waals surface area contributed by atoms with E-state index in [0.29, 0.717) is 5.82 Å². The smallest absolute Gasteiger partial charge is 0.247 e. The molecule has 0 spiro atoms. The van der Waals surface area contributed by atoms with Crippen LogP contribution in [0.2, 0.25) is 0 Å². The fourth-order valence-corrected chi connectivity index (χ4v) is 2.15. The molecule has 6 heteroatoms. The lowest BCUT2D eigenvalue weighted by atomic mass is 10.2. The fourth-order valence-electron chi connectivity index (χ4n) is 1.92. The lowest BCUT2D eigenvalue weighted by molar-refractivity contribution is -0.116. The molecule has 1 amide bonds. The average Bonchev–Trinajstić information content (AvgIpc) is 2.85. The zero-order valence-corrected chi connectivity index (χ0v) is 12.0. The predicted octanol–water partition coefficient (Wildman–Crippen LogP) is 2.83. The summed E-state index contributed by atoms with van der Waals surface area (Å²) in [6.07, 6.45) is 3.39. The Morgan fingerprint density at radius 1 is 1.20 bits per heavy atom. The second-order valence-electron chi connectivity index (χ2n) is 4.27. The van der Waals surface area contributed by atoms with Crippen LogP contribution in [0, 0.1) is 0 Å². The van der Waals surface area contributed by atoms with Crippen molar-refractivity contribution in [2.24, 2.45) is 0 Å². The molecule has 0 bridgehead atoms. The first-order chi connectivity index (χ1) is 9.72.